The SMILES string of the molecule is C=CC(=O)N1CCC[C@@H](Nc2nc(Nc3cnn(C(C)(C)C)c3)nc3[nH]cc(Cl)c23)C1. The highest BCUT2D eigenvalue weighted by atomic mass is 35.5. The Morgan fingerprint density at radius 2 is 2.19 bits per heavy atom. The Labute approximate surface area is 185 Å². The van der Waals surface area contributed by atoms with Crippen LogP contribution in [0.15, 0.2) is 31.2 Å². The Kier molecular flexibility index (Phi) is 5.62. The van der Waals surface area contributed by atoms with Crippen LogP contribution in [0.4, 0.5) is 17.5 Å². The molecule has 1 atom stereocenters. The number of aromatic amines is 1. The van der Waals surface area contributed by atoms with Crippen molar-refractivity contribution in [1.82, 2.24) is 29.6 Å². The smallest absolute Gasteiger partial charge is 0.246 e. The Morgan fingerprint density at radius 1 is 1.39 bits per heavy atom. The average molecular weight is 443 g/mol. The van der Waals surface area contributed by atoms with Crippen molar-refractivity contribution in [1.29, 1.82) is 0 Å². The Morgan fingerprint density at radius 3 is 2.90 bits per heavy atom. The fourth-order valence-corrected chi connectivity index (χ4v) is 3.89. The topological polar surface area (TPSA) is 104 Å². The molecule has 0 bridgehead atoms. The third kappa shape index (κ3) is 4.51. The van der Waals surface area contributed by atoms with Crippen LogP contribution in [0.5, 0.6) is 0 Å². The van der Waals surface area contributed by atoms with Gasteiger partial charge in [-0.2, -0.15) is 15.1 Å². The molecule has 4 rings (SSSR count). The molecule has 9 nitrogen and oxygen atoms in total. The predicted molar refractivity (Wildman–Crippen MR) is 123 cm³/mol. The van der Waals surface area contributed by atoms with Gasteiger partial charge in [0.05, 0.1) is 27.8 Å². The van der Waals surface area contributed by atoms with Gasteiger partial charge in [0.15, 0.2) is 0 Å². The normalized spacial score (nSPS) is 17.0. The van der Waals surface area contributed by atoms with Gasteiger partial charge < -0.3 is 20.5 Å². The van der Waals surface area contributed by atoms with Crippen LogP contribution in [0, 0.1) is 0 Å². The summed E-state index contributed by atoms with van der Waals surface area (Å²) < 4.78 is 1.88. The number of fused-ring (bicyclic) bond motifs is 1. The molecule has 3 aromatic rings. The highest BCUT2D eigenvalue weighted by Crippen LogP contribution is 2.31. The molecule has 0 aromatic carbocycles. The summed E-state index contributed by atoms with van der Waals surface area (Å²) in [6.07, 6.45) is 8.55. The van der Waals surface area contributed by atoms with Crippen LogP contribution in [0.2, 0.25) is 5.02 Å². The van der Waals surface area contributed by atoms with Crippen LogP contribution < -0.4 is 10.6 Å². The van der Waals surface area contributed by atoms with Crippen molar-refractivity contribution < 1.29 is 4.79 Å². The number of halogens is 1. The van der Waals surface area contributed by atoms with Crippen molar-refractivity contribution in [3.8, 4) is 0 Å². The molecule has 1 aliphatic rings. The van der Waals surface area contributed by atoms with Gasteiger partial charge in [-0.3, -0.25) is 9.48 Å². The average Bonchev–Trinajstić information content (AvgIpc) is 3.34. The number of nitrogens with zero attached hydrogens (tertiary/aromatic N) is 5. The summed E-state index contributed by atoms with van der Waals surface area (Å²) in [6.45, 7) is 11.2. The van der Waals surface area contributed by atoms with Crippen LogP contribution in [-0.2, 0) is 10.3 Å². The Balaban J connectivity index is 1.60. The Bertz CT molecular complexity index is 1110. The minimum atomic E-state index is -0.125. The molecule has 31 heavy (non-hydrogen) atoms. The molecule has 10 heteroatoms. The molecule has 0 spiro atoms. The van der Waals surface area contributed by atoms with E-state index in [-0.39, 0.29) is 17.5 Å². The number of hydrogen-bond acceptors (Lipinski definition) is 6. The zero-order chi connectivity index (χ0) is 22.2. The van der Waals surface area contributed by atoms with Gasteiger partial charge in [0.1, 0.15) is 11.5 Å². The first-order valence-electron chi connectivity index (χ1n) is 10.3. The lowest BCUT2D eigenvalue weighted by Gasteiger charge is -2.33. The summed E-state index contributed by atoms with van der Waals surface area (Å²) in [5, 5.41) is 12.4. The van der Waals surface area contributed by atoms with Gasteiger partial charge in [-0.1, -0.05) is 18.2 Å². The van der Waals surface area contributed by atoms with Crippen LogP contribution in [-0.4, -0.2) is 54.7 Å². The highest BCUT2D eigenvalue weighted by Gasteiger charge is 2.24. The minimum Gasteiger partial charge on any atom is -0.365 e. The number of hydrogen-bond donors (Lipinski definition) is 3. The van der Waals surface area contributed by atoms with E-state index < -0.39 is 0 Å². The number of anilines is 3. The van der Waals surface area contributed by atoms with E-state index in [1.54, 1.807) is 17.3 Å². The highest BCUT2D eigenvalue weighted by molar-refractivity contribution is 6.36. The van der Waals surface area contributed by atoms with Gasteiger partial charge in [0.2, 0.25) is 11.9 Å². The molecule has 3 aromatic heterocycles. The van der Waals surface area contributed by atoms with E-state index in [0.717, 1.165) is 30.5 Å². The van der Waals surface area contributed by atoms with Gasteiger partial charge in [-0.15, -0.1) is 0 Å². The van der Waals surface area contributed by atoms with Gasteiger partial charge in [0, 0.05) is 31.5 Å². The second-order valence-corrected chi connectivity index (χ2v) is 9.10. The van der Waals surface area contributed by atoms with Gasteiger partial charge in [0.25, 0.3) is 0 Å². The maximum Gasteiger partial charge on any atom is 0.246 e. The molecule has 164 valence electrons. The number of likely N-dealkylation sites (tertiary alicyclic amines) is 1. The van der Waals surface area contributed by atoms with Crippen LogP contribution in [0.3, 0.4) is 0 Å². The second kappa shape index (κ2) is 8.22. The van der Waals surface area contributed by atoms with E-state index in [1.165, 1.54) is 6.08 Å². The first-order valence-corrected chi connectivity index (χ1v) is 10.7. The van der Waals surface area contributed by atoms with Crippen molar-refractivity contribution in [3.05, 3.63) is 36.3 Å². The molecule has 1 amide bonds. The maximum absolute atomic E-state index is 12.0. The van der Waals surface area contributed by atoms with E-state index in [9.17, 15) is 4.79 Å². The first kappa shape index (κ1) is 21.2. The molecule has 0 unspecified atom stereocenters. The predicted octanol–water partition coefficient (Wildman–Crippen LogP) is 3.90. The number of amides is 1. The molecule has 4 heterocycles. The number of aromatic nitrogens is 5. The summed E-state index contributed by atoms with van der Waals surface area (Å²) in [5.74, 6) is 0.994. The molecule has 0 radical (unpaired) electrons. The lowest BCUT2D eigenvalue weighted by Crippen LogP contribution is -2.44. The summed E-state index contributed by atoms with van der Waals surface area (Å²) in [5.41, 5.74) is 1.29. The third-order valence-electron chi connectivity index (χ3n) is 5.26. The number of H-pyrrole nitrogens is 1. The summed E-state index contributed by atoms with van der Waals surface area (Å²) >= 11 is 6.40. The standard InChI is InChI=1S/C21H27ClN8O/c1-5-16(31)29-8-6-7-13(11-29)25-19-17-15(22)10-23-18(17)27-20(28-19)26-14-9-24-30(12-14)21(2,3)4/h5,9-10,12-13H,1,6-8,11H2,2-4H3,(H3,23,25,26,27,28)/t13-/m1/s1. The monoisotopic (exact) mass is 442 g/mol. The summed E-state index contributed by atoms with van der Waals surface area (Å²) in [4.78, 5) is 26.2. The van der Waals surface area contributed by atoms with Crippen molar-refractivity contribution in [2.75, 3.05) is 23.7 Å². The molecular weight excluding hydrogens is 416 g/mol. The molecule has 0 saturated carbocycles. The lowest BCUT2D eigenvalue weighted by molar-refractivity contribution is -0.127. The molecular formula is C21H27ClN8O. The zero-order valence-electron chi connectivity index (χ0n) is 17.9. The quantitative estimate of drug-likeness (QED) is 0.518. The second-order valence-electron chi connectivity index (χ2n) is 8.70. The number of piperidine rings is 1. The van der Waals surface area contributed by atoms with E-state index in [1.807, 2.05) is 10.9 Å². The van der Waals surface area contributed by atoms with Gasteiger partial charge in [-0.05, 0) is 39.7 Å². The van der Waals surface area contributed by atoms with Crippen LogP contribution in [0.1, 0.15) is 33.6 Å². The maximum atomic E-state index is 12.0. The van der Waals surface area contributed by atoms with E-state index >= 15 is 0 Å². The summed E-state index contributed by atoms with van der Waals surface area (Å²) in [7, 11) is 0. The number of carbonyl (C=O) groups is 1. The van der Waals surface area contributed by atoms with E-state index in [4.69, 9.17) is 11.6 Å². The third-order valence-corrected chi connectivity index (χ3v) is 5.56. The number of carbonyl (C=O) groups excluding carboxylic acids is 1. The van der Waals surface area contributed by atoms with E-state index in [0.29, 0.717) is 29.0 Å². The molecule has 1 fully saturated rings. The van der Waals surface area contributed by atoms with Crippen molar-refractivity contribution >= 4 is 46.0 Å². The molecule has 0 aliphatic carbocycles. The van der Waals surface area contributed by atoms with Crippen molar-refractivity contribution in [2.24, 2.45) is 0 Å². The van der Waals surface area contributed by atoms with Crippen LogP contribution >= 0.6 is 11.6 Å². The van der Waals surface area contributed by atoms with Crippen molar-refractivity contribution in [2.45, 2.75) is 45.2 Å². The largest absolute Gasteiger partial charge is 0.365 e. The molecule has 3 N–H and O–H groups in total. The molecule has 1 aliphatic heterocycles. The minimum absolute atomic E-state index is 0.0539. The van der Waals surface area contributed by atoms with E-state index in [2.05, 4.69) is 58.0 Å². The van der Waals surface area contributed by atoms with Gasteiger partial charge >= 0.3 is 0 Å². The summed E-state index contributed by atoms with van der Waals surface area (Å²) in [6, 6.07) is 0.0539. The fourth-order valence-electron chi connectivity index (χ4n) is 3.66. The van der Waals surface area contributed by atoms with Crippen LogP contribution in [0.25, 0.3) is 11.0 Å². The fraction of sp³-hybridized carbons (Fsp3) is 0.429. The zero-order valence-corrected chi connectivity index (χ0v) is 18.7. The number of nitrogens with one attached hydrogen (secondary N) is 3. The lowest BCUT2D eigenvalue weighted by atomic mass is 10.1. The van der Waals surface area contributed by atoms with Gasteiger partial charge in [-0.25, -0.2) is 0 Å². The Hall–Kier alpha value is -3.07. The first-order chi connectivity index (χ1) is 14.7. The van der Waals surface area contributed by atoms with Crippen molar-refractivity contribution in [3.63, 3.8) is 0 Å². The number of rotatable bonds is 5. The molecule has 1 saturated heterocycles.